The second-order valence-electron chi connectivity index (χ2n) is 4.70. The molecule has 1 aliphatic rings. The van der Waals surface area contributed by atoms with Crippen LogP contribution in [-0.2, 0) is 10.0 Å². The van der Waals surface area contributed by atoms with Crippen LogP contribution in [0.1, 0.15) is 13.3 Å². The first-order chi connectivity index (χ1) is 10.1. The zero-order valence-corrected chi connectivity index (χ0v) is 14.5. The zero-order chi connectivity index (χ0) is 15.1. The molecule has 0 saturated carbocycles. The molecule has 2 N–H and O–H groups in total. The molecule has 1 aliphatic heterocycles. The van der Waals surface area contributed by atoms with E-state index < -0.39 is 10.0 Å². The van der Waals surface area contributed by atoms with Crippen LogP contribution < -0.4 is 10.0 Å². The van der Waals surface area contributed by atoms with Crippen molar-refractivity contribution in [3.63, 3.8) is 0 Å². The smallest absolute Gasteiger partial charge is 0.260 e. The predicted octanol–water partition coefficient (Wildman–Crippen LogP) is 2.03. The summed E-state index contributed by atoms with van der Waals surface area (Å²) in [6.07, 6.45) is 2.44. The second-order valence-corrected chi connectivity index (χ2v) is 8.94. The van der Waals surface area contributed by atoms with Crippen molar-refractivity contribution >= 4 is 39.2 Å². The molecule has 1 unspecified atom stereocenters. The summed E-state index contributed by atoms with van der Waals surface area (Å²) in [5, 5.41) is 3.55. The average molecular weight is 348 g/mol. The molecule has 1 aromatic heterocycles. The van der Waals surface area contributed by atoms with Gasteiger partial charge in [0.15, 0.2) is 5.03 Å². The van der Waals surface area contributed by atoms with Gasteiger partial charge in [0.05, 0.1) is 5.69 Å². The van der Waals surface area contributed by atoms with Crippen molar-refractivity contribution < 1.29 is 8.42 Å². The fourth-order valence-corrected chi connectivity index (χ4v) is 5.83. The monoisotopic (exact) mass is 347 g/mol. The van der Waals surface area contributed by atoms with Gasteiger partial charge in [-0.2, -0.15) is 23.5 Å². The molecule has 1 fully saturated rings. The van der Waals surface area contributed by atoms with Crippen molar-refractivity contribution in [1.82, 2.24) is 9.71 Å². The van der Waals surface area contributed by atoms with E-state index >= 15 is 0 Å². The Bertz CT molecular complexity index is 545. The van der Waals surface area contributed by atoms with Gasteiger partial charge in [-0.15, -0.1) is 0 Å². The highest BCUT2D eigenvalue weighted by molar-refractivity contribution is 8.06. The van der Waals surface area contributed by atoms with E-state index in [1.54, 1.807) is 12.1 Å². The van der Waals surface area contributed by atoms with Crippen LogP contribution in [0.3, 0.4) is 0 Å². The fraction of sp³-hybridized carbons (Fsp3) is 0.615. The summed E-state index contributed by atoms with van der Waals surface area (Å²) in [4.78, 5) is 4.04. The molecule has 2 heterocycles. The fourth-order valence-electron chi connectivity index (χ4n) is 1.92. The molecule has 0 aliphatic carbocycles. The van der Waals surface area contributed by atoms with E-state index in [4.69, 9.17) is 0 Å². The van der Waals surface area contributed by atoms with Gasteiger partial charge in [0.2, 0.25) is 0 Å². The van der Waals surface area contributed by atoms with Crippen LogP contribution in [0.2, 0.25) is 0 Å². The Morgan fingerprint density at radius 3 is 3.00 bits per heavy atom. The third-order valence-corrected chi connectivity index (χ3v) is 7.20. The maximum absolute atomic E-state index is 12.4. The Labute approximate surface area is 135 Å². The van der Waals surface area contributed by atoms with Crippen molar-refractivity contribution in [1.29, 1.82) is 0 Å². The highest BCUT2D eigenvalue weighted by atomic mass is 32.2. The van der Waals surface area contributed by atoms with Gasteiger partial charge in [-0.3, -0.25) is 0 Å². The van der Waals surface area contributed by atoms with E-state index in [-0.39, 0.29) is 5.03 Å². The standard InChI is InChI=1S/C13H21N3O2S3/c1-2-5-14-12-4-3-6-15-13(12)21(17,18)16-9-11-10-19-7-8-20-11/h3-4,6,11,14,16H,2,5,7-10H2,1H3. The number of pyridine rings is 1. The van der Waals surface area contributed by atoms with E-state index in [9.17, 15) is 8.42 Å². The molecule has 118 valence electrons. The third kappa shape index (κ3) is 5.05. The Morgan fingerprint density at radius 2 is 2.29 bits per heavy atom. The first kappa shape index (κ1) is 16.9. The Hall–Kier alpha value is -0.440. The van der Waals surface area contributed by atoms with Gasteiger partial charge in [-0.05, 0) is 18.6 Å². The van der Waals surface area contributed by atoms with E-state index in [1.165, 1.54) is 6.20 Å². The Balaban J connectivity index is 2.04. The second kappa shape index (κ2) is 8.26. The highest BCUT2D eigenvalue weighted by Gasteiger charge is 2.22. The minimum absolute atomic E-state index is 0.0897. The van der Waals surface area contributed by atoms with Crippen LogP contribution in [0.25, 0.3) is 0 Å². The maximum atomic E-state index is 12.4. The SMILES string of the molecule is CCCNc1cccnc1S(=O)(=O)NCC1CSCCS1. The lowest BCUT2D eigenvalue weighted by molar-refractivity contribution is 0.578. The van der Waals surface area contributed by atoms with Gasteiger partial charge in [0.25, 0.3) is 10.0 Å². The largest absolute Gasteiger partial charge is 0.383 e. The van der Waals surface area contributed by atoms with Crippen LogP contribution in [0, 0.1) is 0 Å². The summed E-state index contributed by atoms with van der Waals surface area (Å²) in [7, 11) is -3.57. The summed E-state index contributed by atoms with van der Waals surface area (Å²) >= 11 is 3.71. The molecule has 21 heavy (non-hydrogen) atoms. The lowest BCUT2D eigenvalue weighted by Gasteiger charge is -2.21. The van der Waals surface area contributed by atoms with Gasteiger partial charge < -0.3 is 5.32 Å². The quantitative estimate of drug-likeness (QED) is 0.786. The van der Waals surface area contributed by atoms with Crippen LogP contribution in [-0.4, -0.2) is 49.0 Å². The van der Waals surface area contributed by atoms with Crippen molar-refractivity contribution in [2.24, 2.45) is 0 Å². The summed E-state index contributed by atoms with van der Waals surface area (Å²) < 4.78 is 27.6. The molecule has 0 spiro atoms. The van der Waals surface area contributed by atoms with Gasteiger partial charge in [-0.1, -0.05) is 6.92 Å². The number of hydrogen-bond acceptors (Lipinski definition) is 6. The molecule has 0 radical (unpaired) electrons. The first-order valence-electron chi connectivity index (χ1n) is 7.01. The number of sulfonamides is 1. The molecular formula is C13H21N3O2S3. The molecule has 8 heteroatoms. The molecule has 0 bridgehead atoms. The minimum atomic E-state index is -3.57. The first-order valence-corrected chi connectivity index (χ1v) is 10.7. The molecule has 5 nitrogen and oxygen atoms in total. The number of nitrogens with one attached hydrogen (secondary N) is 2. The number of anilines is 1. The number of nitrogens with zero attached hydrogens (tertiary/aromatic N) is 1. The number of hydrogen-bond donors (Lipinski definition) is 2. The molecular weight excluding hydrogens is 326 g/mol. The number of aromatic nitrogens is 1. The number of thioether (sulfide) groups is 2. The molecule has 1 saturated heterocycles. The van der Waals surface area contributed by atoms with E-state index in [0.717, 1.165) is 30.2 Å². The summed E-state index contributed by atoms with van der Waals surface area (Å²) in [6, 6.07) is 3.49. The molecule has 2 rings (SSSR count). The van der Waals surface area contributed by atoms with E-state index in [2.05, 4.69) is 15.0 Å². The van der Waals surface area contributed by atoms with Crippen LogP contribution in [0.15, 0.2) is 23.4 Å². The van der Waals surface area contributed by atoms with Crippen LogP contribution in [0.5, 0.6) is 0 Å². The minimum Gasteiger partial charge on any atom is -0.383 e. The summed E-state index contributed by atoms with van der Waals surface area (Å²) in [5.41, 5.74) is 0.567. The van der Waals surface area contributed by atoms with Gasteiger partial charge in [0.1, 0.15) is 0 Å². The van der Waals surface area contributed by atoms with Crippen molar-refractivity contribution in [2.75, 3.05) is 35.7 Å². The zero-order valence-electron chi connectivity index (χ0n) is 12.0. The van der Waals surface area contributed by atoms with Crippen LogP contribution >= 0.6 is 23.5 Å². The topological polar surface area (TPSA) is 71.1 Å². The van der Waals surface area contributed by atoms with Gasteiger partial charge >= 0.3 is 0 Å². The lowest BCUT2D eigenvalue weighted by Crippen LogP contribution is -2.34. The summed E-state index contributed by atoms with van der Waals surface area (Å²) in [5.74, 6) is 3.24. The van der Waals surface area contributed by atoms with Crippen LogP contribution in [0.4, 0.5) is 5.69 Å². The maximum Gasteiger partial charge on any atom is 0.260 e. The molecule has 0 aromatic carbocycles. The lowest BCUT2D eigenvalue weighted by atomic mass is 10.4. The van der Waals surface area contributed by atoms with Crippen molar-refractivity contribution in [2.45, 2.75) is 23.6 Å². The average Bonchev–Trinajstić information content (AvgIpc) is 2.52. The molecule has 1 atom stereocenters. The van der Waals surface area contributed by atoms with Gasteiger partial charge in [0, 0.05) is 41.8 Å². The van der Waals surface area contributed by atoms with Crippen molar-refractivity contribution in [3.8, 4) is 0 Å². The highest BCUT2D eigenvalue weighted by Crippen LogP contribution is 2.24. The van der Waals surface area contributed by atoms with E-state index in [1.807, 2.05) is 30.4 Å². The summed E-state index contributed by atoms with van der Waals surface area (Å²) in [6.45, 7) is 3.22. The molecule has 0 amide bonds. The molecule has 1 aromatic rings. The Morgan fingerprint density at radius 1 is 1.43 bits per heavy atom. The van der Waals surface area contributed by atoms with Crippen molar-refractivity contribution in [3.05, 3.63) is 18.3 Å². The van der Waals surface area contributed by atoms with E-state index in [0.29, 0.717) is 17.5 Å². The normalized spacial score (nSPS) is 19.4. The predicted molar refractivity (Wildman–Crippen MR) is 91.8 cm³/mol. The Kier molecular flexibility index (Phi) is 6.66. The number of rotatable bonds is 7. The van der Waals surface area contributed by atoms with Gasteiger partial charge in [-0.25, -0.2) is 18.1 Å². The third-order valence-electron chi connectivity index (χ3n) is 2.98.